The van der Waals surface area contributed by atoms with Gasteiger partial charge in [-0.2, -0.15) is 0 Å². The Labute approximate surface area is 443 Å². The summed E-state index contributed by atoms with van der Waals surface area (Å²) in [7, 11) is 4.97. The van der Waals surface area contributed by atoms with Crippen LogP contribution in [0.2, 0.25) is 0 Å². The number of Topliss-reactive ketones (excluding diaryl/α,β-unsaturated/α-hetero) is 4. The summed E-state index contributed by atoms with van der Waals surface area (Å²) in [5, 5.41) is 0. The standard InChI is InChI=1S/C7H13OS.C7H15S.2C6H11OS.C5H9O2S.C5H11OS.C5H9OS.C5H11OS.C4H9OS/c1-9-5-2-3-7(8)4-6-9;1-8-6-4-2-3-5-7-8;1-8-4-2-6(7)3-5-8;1-8-4-2-3-6(7)5-8;1-8-3-2-7-5(6)4-8;1-7-4-2-6-3-5-7;1-7-3-2-5(6)4-7;1-7-4-2-3-6-5-7;1-6-3-2-5-4-6/h2-6H2,1H3;2-7H2,1H3;2*2-5H2,1H3;2-4H2,1H3;2-5H2,1H3;2-4H2,1H3;2-5H2,1H3;2-4H2,1H3/q9*+1. The summed E-state index contributed by atoms with van der Waals surface area (Å²) in [6.45, 7) is 4.63. The van der Waals surface area contributed by atoms with Crippen molar-refractivity contribution in [2.75, 3.05) is 193 Å². The average Bonchev–Trinajstić information content (AvgIpc) is 3.81. The monoisotopic (exact) mass is 1130 g/mol. The number of carbonyl (C=O) groups excluding carboxylic acids is 5. The molecule has 0 aliphatic carbocycles. The zero-order valence-electron chi connectivity index (χ0n) is 44.3. The molecule has 9 aliphatic rings. The lowest BCUT2D eigenvalue weighted by Crippen LogP contribution is -2.29. The lowest BCUT2D eigenvalue weighted by Gasteiger charge is -2.09. The molecule has 9 fully saturated rings. The topological polar surface area (TPSA) is 122 Å². The van der Waals surface area contributed by atoms with Crippen molar-refractivity contribution < 1.29 is 42.9 Å². The molecule has 9 aliphatic heterocycles. The molecular weight excluding hydrogens is 1030 g/mol. The van der Waals surface area contributed by atoms with Crippen molar-refractivity contribution >= 4 is 127 Å². The van der Waals surface area contributed by atoms with Crippen LogP contribution < -0.4 is 0 Å². The van der Waals surface area contributed by atoms with Gasteiger partial charge in [0.2, 0.25) is 17.6 Å². The maximum absolute atomic E-state index is 10.8. The van der Waals surface area contributed by atoms with E-state index in [-0.39, 0.29) is 5.97 Å². The van der Waals surface area contributed by atoms with E-state index < -0.39 is 0 Å². The van der Waals surface area contributed by atoms with Gasteiger partial charge in [0.15, 0.2) is 23.1 Å². The first-order valence-corrected chi connectivity index (χ1v) is 42.5. The Morgan fingerprint density at radius 2 is 0.632 bits per heavy atom. The van der Waals surface area contributed by atoms with Gasteiger partial charge < -0.3 is 18.9 Å². The summed E-state index contributed by atoms with van der Waals surface area (Å²) in [5.74, 6) is 22.8. The van der Waals surface area contributed by atoms with Gasteiger partial charge in [0, 0.05) is 41.1 Å². The van der Waals surface area contributed by atoms with Crippen LogP contribution in [0.15, 0.2) is 0 Å². The lowest BCUT2D eigenvalue weighted by atomic mass is 10.2. The highest BCUT2D eigenvalue weighted by atomic mass is 32.2. The molecule has 6 unspecified atom stereocenters. The highest BCUT2D eigenvalue weighted by Crippen LogP contribution is 2.12. The fourth-order valence-corrected chi connectivity index (χ4v) is 18.3. The van der Waals surface area contributed by atoms with Gasteiger partial charge in [-0.3, -0.25) is 19.2 Å². The first-order chi connectivity index (χ1) is 32.5. The summed E-state index contributed by atoms with van der Waals surface area (Å²) in [6.07, 6.45) is 34.8. The van der Waals surface area contributed by atoms with Gasteiger partial charge in [-0.1, -0.05) is 0 Å². The van der Waals surface area contributed by atoms with E-state index in [9.17, 15) is 24.0 Å². The quantitative estimate of drug-likeness (QED) is 0.242. The molecule has 0 amide bonds. The van der Waals surface area contributed by atoms with Crippen molar-refractivity contribution in [2.45, 2.75) is 83.5 Å². The summed E-state index contributed by atoms with van der Waals surface area (Å²) in [6, 6.07) is 0. The minimum Gasteiger partial charge on any atom is -0.457 e. The molecule has 0 aromatic heterocycles. The van der Waals surface area contributed by atoms with Crippen molar-refractivity contribution in [2.24, 2.45) is 0 Å². The van der Waals surface area contributed by atoms with Crippen molar-refractivity contribution in [1.29, 1.82) is 0 Å². The van der Waals surface area contributed by atoms with Crippen molar-refractivity contribution in [3.63, 3.8) is 0 Å². The van der Waals surface area contributed by atoms with E-state index in [1.807, 2.05) is 0 Å². The predicted molar refractivity (Wildman–Crippen MR) is 321 cm³/mol. The molecule has 9 nitrogen and oxygen atoms in total. The Bertz CT molecular complexity index is 1260. The smallest absolute Gasteiger partial charge is 0.356 e. The number of hydrogen-bond donors (Lipinski definition) is 0. The molecule has 0 aromatic rings. The number of ether oxygens (including phenoxy) is 4. The van der Waals surface area contributed by atoms with Crippen LogP contribution in [0, 0.1) is 0 Å². The van der Waals surface area contributed by atoms with Gasteiger partial charge in [-0.15, -0.1) is 0 Å². The van der Waals surface area contributed by atoms with Crippen LogP contribution in [0.3, 0.4) is 0 Å². The minimum absolute atomic E-state index is 0.0258. The third-order valence-electron chi connectivity index (χ3n) is 11.5. The van der Waals surface area contributed by atoms with Crippen LogP contribution in [-0.2, 0) is 141 Å². The van der Waals surface area contributed by atoms with E-state index in [4.69, 9.17) is 18.9 Å². The van der Waals surface area contributed by atoms with Crippen molar-refractivity contribution in [3.8, 4) is 0 Å². The average molecular weight is 1130 g/mol. The van der Waals surface area contributed by atoms with E-state index in [0.29, 0.717) is 123 Å². The van der Waals surface area contributed by atoms with E-state index >= 15 is 0 Å². The normalized spacial score (nSPS) is 29.1. The summed E-state index contributed by atoms with van der Waals surface area (Å²) >= 11 is 0. The second-order valence-electron chi connectivity index (χ2n) is 18.6. The summed E-state index contributed by atoms with van der Waals surface area (Å²) in [5.41, 5.74) is 0. The van der Waals surface area contributed by atoms with Gasteiger partial charge >= 0.3 is 5.97 Å². The van der Waals surface area contributed by atoms with Crippen LogP contribution >= 0.6 is 0 Å². The van der Waals surface area contributed by atoms with E-state index in [1.54, 1.807) is 0 Å². The molecular formula is C50H99O9S9+9. The Balaban J connectivity index is 0.000000383. The molecule has 0 spiro atoms. The fourth-order valence-electron chi connectivity index (χ4n) is 6.98. The Morgan fingerprint density at radius 3 is 0.985 bits per heavy atom. The fraction of sp³-hybridized carbons (Fsp3) is 0.900. The van der Waals surface area contributed by atoms with Crippen LogP contribution in [0.4, 0.5) is 0 Å². The van der Waals surface area contributed by atoms with E-state index in [0.717, 1.165) is 141 Å². The molecule has 0 N–H and O–H groups in total. The second-order valence-corrected chi connectivity index (χ2v) is 39.3. The van der Waals surface area contributed by atoms with Crippen LogP contribution in [0.25, 0.3) is 0 Å². The molecule has 68 heavy (non-hydrogen) atoms. The summed E-state index contributed by atoms with van der Waals surface area (Å²) in [4.78, 5) is 53.0. The second kappa shape index (κ2) is 44.5. The first kappa shape index (κ1) is 67.2. The van der Waals surface area contributed by atoms with Gasteiger partial charge in [0.25, 0.3) is 0 Å². The molecule has 9 rings (SSSR count). The molecule has 0 saturated carbocycles. The largest absolute Gasteiger partial charge is 0.457 e. The number of cyclic esters (lactones) is 1. The maximum atomic E-state index is 10.8. The highest BCUT2D eigenvalue weighted by Gasteiger charge is 2.26. The van der Waals surface area contributed by atoms with E-state index in [1.165, 1.54) is 78.1 Å². The van der Waals surface area contributed by atoms with Crippen molar-refractivity contribution in [1.82, 2.24) is 0 Å². The zero-order chi connectivity index (χ0) is 50.4. The molecule has 398 valence electrons. The third-order valence-corrected chi connectivity index (χ3v) is 27.0. The van der Waals surface area contributed by atoms with E-state index in [2.05, 4.69) is 56.3 Å². The number of rotatable bonds is 0. The number of hydrogen-bond acceptors (Lipinski definition) is 9. The lowest BCUT2D eigenvalue weighted by molar-refractivity contribution is -0.140. The maximum Gasteiger partial charge on any atom is 0.356 e. The Morgan fingerprint density at radius 1 is 0.279 bits per heavy atom. The molecule has 0 aromatic carbocycles. The summed E-state index contributed by atoms with van der Waals surface area (Å²) < 4.78 is 20.1. The molecule has 0 radical (unpaired) electrons. The highest BCUT2D eigenvalue weighted by molar-refractivity contribution is 7.98. The predicted octanol–water partition coefficient (Wildman–Crippen LogP) is 5.09. The van der Waals surface area contributed by atoms with Gasteiger partial charge in [-0.25, -0.2) is 4.79 Å². The number of esters is 1. The minimum atomic E-state index is -0.0258. The Hall–Kier alpha value is 1.18. The molecule has 9 heterocycles. The zero-order valence-corrected chi connectivity index (χ0v) is 51.7. The van der Waals surface area contributed by atoms with Gasteiger partial charge in [0.05, 0.1) is 108 Å². The van der Waals surface area contributed by atoms with Crippen molar-refractivity contribution in [3.05, 3.63) is 0 Å². The van der Waals surface area contributed by atoms with Crippen LogP contribution in [-0.4, -0.2) is 222 Å². The molecule has 18 heteroatoms. The van der Waals surface area contributed by atoms with Crippen LogP contribution in [0.1, 0.15) is 83.5 Å². The van der Waals surface area contributed by atoms with Gasteiger partial charge in [0.1, 0.15) is 93.0 Å². The third kappa shape index (κ3) is 42.5. The number of carbonyl (C=O) groups is 5. The SMILES string of the molecule is C[S+]1CCC(=O)C1.C[S+]1CCC(=O)CC1.C[S+]1CCCC(=O)C1.C[S+]1CCCC(=O)CC1.C[S+]1CCCCCC1.C[S+]1CCCOC1.C[S+]1CCOC(=O)C1.C[S+]1CCOC1.C[S+]1CCOCC1. The molecule has 9 saturated heterocycles. The van der Waals surface area contributed by atoms with Crippen LogP contribution in [0.5, 0.6) is 0 Å². The Kier molecular flexibility index (Phi) is 43.9. The van der Waals surface area contributed by atoms with Gasteiger partial charge in [-0.05, 0) is 115 Å². The number of ketones is 4. The molecule has 0 bridgehead atoms. The first-order valence-electron chi connectivity index (χ1n) is 24.8. The molecule has 6 atom stereocenters.